The largest absolute Gasteiger partial charge is 0.487 e. The van der Waals surface area contributed by atoms with Gasteiger partial charge in [-0.3, -0.25) is 14.9 Å². The van der Waals surface area contributed by atoms with Gasteiger partial charge in [-0.1, -0.05) is 6.07 Å². The summed E-state index contributed by atoms with van der Waals surface area (Å²) in [5.74, 6) is 0.154. The summed E-state index contributed by atoms with van der Waals surface area (Å²) in [6.07, 6.45) is -2.75. The molecule has 1 aromatic heterocycles. The molecule has 8 nitrogen and oxygen atoms in total. The Kier molecular flexibility index (Phi) is 7.04. The number of rotatable bonds is 9. The summed E-state index contributed by atoms with van der Waals surface area (Å²) in [5, 5.41) is 13.5. The Morgan fingerprint density at radius 3 is 2.53 bits per heavy atom. The second kappa shape index (κ2) is 9.90. The van der Waals surface area contributed by atoms with Crippen molar-refractivity contribution in [3.8, 4) is 11.5 Å². The second-order valence-electron chi connectivity index (χ2n) is 6.93. The molecule has 0 bridgehead atoms. The van der Waals surface area contributed by atoms with Crippen LogP contribution in [-0.2, 0) is 6.61 Å². The van der Waals surface area contributed by atoms with E-state index in [2.05, 4.69) is 5.32 Å². The van der Waals surface area contributed by atoms with Crippen LogP contribution in [0, 0.1) is 24.0 Å². The number of halogens is 2. The SMILES string of the molecule is Cc1ccc(OCc2ccc(C(=O)Nc3cc(OCC(F)F)cc([N+](=O)[O-])c3)o2)cc1C. The molecule has 1 amide bonds. The summed E-state index contributed by atoms with van der Waals surface area (Å²) in [6.45, 7) is 3.12. The highest BCUT2D eigenvalue weighted by Gasteiger charge is 2.17. The van der Waals surface area contributed by atoms with Gasteiger partial charge in [0, 0.05) is 12.1 Å². The van der Waals surface area contributed by atoms with Crippen molar-refractivity contribution in [2.24, 2.45) is 0 Å². The number of nitro benzene ring substituents is 1. The van der Waals surface area contributed by atoms with Gasteiger partial charge in [0.1, 0.15) is 30.5 Å². The fraction of sp³-hybridized carbons (Fsp3) is 0.227. The van der Waals surface area contributed by atoms with Gasteiger partial charge in [0.25, 0.3) is 18.0 Å². The van der Waals surface area contributed by atoms with Gasteiger partial charge in [0.15, 0.2) is 5.76 Å². The van der Waals surface area contributed by atoms with Crippen LogP contribution in [0.3, 0.4) is 0 Å². The highest BCUT2D eigenvalue weighted by molar-refractivity contribution is 6.02. The molecule has 0 radical (unpaired) electrons. The first-order valence-electron chi connectivity index (χ1n) is 9.52. The second-order valence-corrected chi connectivity index (χ2v) is 6.93. The van der Waals surface area contributed by atoms with Crippen LogP contribution in [0.4, 0.5) is 20.2 Å². The zero-order chi connectivity index (χ0) is 23.3. The average Bonchev–Trinajstić information content (AvgIpc) is 3.22. The van der Waals surface area contributed by atoms with Crippen molar-refractivity contribution in [2.45, 2.75) is 26.9 Å². The average molecular weight is 446 g/mol. The van der Waals surface area contributed by atoms with Crippen molar-refractivity contribution in [1.29, 1.82) is 0 Å². The third kappa shape index (κ3) is 6.03. The van der Waals surface area contributed by atoms with E-state index in [0.29, 0.717) is 11.5 Å². The van der Waals surface area contributed by atoms with Gasteiger partial charge in [-0.15, -0.1) is 0 Å². The lowest BCUT2D eigenvalue weighted by atomic mass is 10.1. The predicted molar refractivity (Wildman–Crippen MR) is 112 cm³/mol. The molecule has 0 aliphatic carbocycles. The summed E-state index contributed by atoms with van der Waals surface area (Å²) in [5.41, 5.74) is 1.79. The molecule has 1 heterocycles. The molecular weight excluding hydrogens is 426 g/mol. The fourth-order valence-corrected chi connectivity index (χ4v) is 2.73. The molecule has 0 fully saturated rings. The van der Waals surface area contributed by atoms with Gasteiger partial charge in [-0.05, 0) is 49.2 Å². The van der Waals surface area contributed by atoms with Gasteiger partial charge in [0.2, 0.25) is 0 Å². The zero-order valence-electron chi connectivity index (χ0n) is 17.3. The molecule has 168 valence electrons. The molecule has 1 N–H and O–H groups in total. The number of nitrogens with one attached hydrogen (secondary N) is 1. The number of alkyl halides is 2. The standard InChI is InChI=1S/C22H20F2N2O6/c1-13-3-4-17(7-14(13)2)30-11-18-5-6-20(32-18)22(27)25-15-8-16(26(28)29)10-19(9-15)31-12-21(23)24/h3-10,21H,11-12H2,1-2H3,(H,25,27). The van der Waals surface area contributed by atoms with E-state index < -0.39 is 29.6 Å². The molecule has 0 unspecified atom stereocenters. The number of aryl methyl sites for hydroxylation is 2. The van der Waals surface area contributed by atoms with Crippen molar-refractivity contribution in [1.82, 2.24) is 0 Å². The van der Waals surface area contributed by atoms with E-state index in [-0.39, 0.29) is 23.8 Å². The topological polar surface area (TPSA) is 104 Å². The summed E-state index contributed by atoms with van der Waals surface area (Å²) < 4.78 is 40.7. The van der Waals surface area contributed by atoms with Crippen LogP contribution in [0.1, 0.15) is 27.4 Å². The molecule has 0 aliphatic heterocycles. The quantitative estimate of drug-likeness (QED) is 0.354. The maximum Gasteiger partial charge on any atom is 0.291 e. The maximum atomic E-state index is 12.5. The zero-order valence-corrected chi connectivity index (χ0v) is 17.3. The monoisotopic (exact) mass is 446 g/mol. The lowest BCUT2D eigenvalue weighted by Gasteiger charge is -2.09. The normalized spacial score (nSPS) is 10.8. The Hall–Kier alpha value is -3.95. The number of ether oxygens (including phenoxy) is 2. The number of anilines is 1. The number of hydrogen-bond acceptors (Lipinski definition) is 6. The number of hydrogen-bond donors (Lipinski definition) is 1. The Morgan fingerprint density at radius 1 is 1.06 bits per heavy atom. The van der Waals surface area contributed by atoms with E-state index in [1.165, 1.54) is 12.1 Å². The number of carbonyl (C=O) groups excluding carboxylic acids is 1. The van der Waals surface area contributed by atoms with Crippen LogP contribution in [0.5, 0.6) is 11.5 Å². The third-order valence-electron chi connectivity index (χ3n) is 4.48. The number of benzene rings is 2. The summed E-state index contributed by atoms with van der Waals surface area (Å²) in [4.78, 5) is 22.8. The van der Waals surface area contributed by atoms with Crippen LogP contribution < -0.4 is 14.8 Å². The van der Waals surface area contributed by atoms with Crippen molar-refractivity contribution in [3.63, 3.8) is 0 Å². The van der Waals surface area contributed by atoms with E-state index in [9.17, 15) is 23.7 Å². The number of carbonyl (C=O) groups is 1. The third-order valence-corrected chi connectivity index (χ3v) is 4.48. The summed E-state index contributed by atoms with van der Waals surface area (Å²) in [7, 11) is 0. The van der Waals surface area contributed by atoms with E-state index in [1.54, 1.807) is 6.07 Å². The van der Waals surface area contributed by atoms with E-state index in [0.717, 1.165) is 23.3 Å². The Bertz CT molecular complexity index is 1130. The fourth-order valence-electron chi connectivity index (χ4n) is 2.73. The van der Waals surface area contributed by atoms with Crippen molar-refractivity contribution >= 4 is 17.3 Å². The minimum Gasteiger partial charge on any atom is -0.487 e. The Balaban J connectivity index is 1.67. The summed E-state index contributed by atoms with van der Waals surface area (Å²) in [6, 6.07) is 11.9. The van der Waals surface area contributed by atoms with Crippen molar-refractivity contribution in [2.75, 3.05) is 11.9 Å². The van der Waals surface area contributed by atoms with E-state index >= 15 is 0 Å². The number of nitro groups is 1. The highest BCUT2D eigenvalue weighted by atomic mass is 19.3. The Morgan fingerprint density at radius 2 is 1.84 bits per heavy atom. The van der Waals surface area contributed by atoms with Crippen LogP contribution in [-0.4, -0.2) is 23.9 Å². The molecule has 3 rings (SSSR count). The number of nitrogens with zero attached hydrogens (tertiary/aromatic N) is 1. The van der Waals surface area contributed by atoms with Crippen molar-refractivity contribution in [3.05, 3.63) is 81.3 Å². The van der Waals surface area contributed by atoms with Gasteiger partial charge in [0.05, 0.1) is 16.7 Å². The van der Waals surface area contributed by atoms with Crippen LogP contribution in [0.15, 0.2) is 52.9 Å². The Labute approximate surface area is 181 Å². The number of amides is 1. The van der Waals surface area contributed by atoms with Crippen molar-refractivity contribution < 1.29 is 32.4 Å². The van der Waals surface area contributed by atoms with Crippen LogP contribution >= 0.6 is 0 Å². The molecule has 0 atom stereocenters. The number of non-ortho nitro benzene ring substituents is 1. The van der Waals surface area contributed by atoms with E-state index in [1.807, 2.05) is 32.0 Å². The van der Waals surface area contributed by atoms with Gasteiger partial charge >= 0.3 is 0 Å². The predicted octanol–water partition coefficient (Wildman–Crippen LogP) is 5.28. The van der Waals surface area contributed by atoms with Gasteiger partial charge < -0.3 is 19.2 Å². The first-order chi connectivity index (χ1) is 15.2. The lowest BCUT2D eigenvalue weighted by Crippen LogP contribution is -2.12. The molecule has 0 spiro atoms. The molecule has 0 saturated carbocycles. The number of furan rings is 1. The summed E-state index contributed by atoms with van der Waals surface area (Å²) >= 11 is 0. The minimum atomic E-state index is -2.75. The highest BCUT2D eigenvalue weighted by Crippen LogP contribution is 2.27. The molecule has 3 aromatic rings. The first kappa shape index (κ1) is 22.7. The molecule has 32 heavy (non-hydrogen) atoms. The first-order valence-corrected chi connectivity index (χ1v) is 9.52. The smallest absolute Gasteiger partial charge is 0.291 e. The molecular formula is C22H20F2N2O6. The van der Waals surface area contributed by atoms with Crippen LogP contribution in [0.2, 0.25) is 0 Å². The molecule has 0 aliphatic rings. The molecule has 2 aromatic carbocycles. The molecule has 10 heteroatoms. The van der Waals surface area contributed by atoms with Gasteiger partial charge in [-0.25, -0.2) is 8.78 Å². The minimum absolute atomic E-state index is 0.00204. The van der Waals surface area contributed by atoms with Crippen LogP contribution in [0.25, 0.3) is 0 Å². The van der Waals surface area contributed by atoms with Gasteiger partial charge in [-0.2, -0.15) is 0 Å². The maximum absolute atomic E-state index is 12.5. The molecule has 0 saturated heterocycles. The lowest BCUT2D eigenvalue weighted by molar-refractivity contribution is -0.384. The van der Waals surface area contributed by atoms with E-state index in [4.69, 9.17) is 13.9 Å².